The van der Waals surface area contributed by atoms with E-state index in [1.54, 1.807) is 0 Å². The molecular weight excluding hydrogens is 464 g/mol. The van der Waals surface area contributed by atoms with Crippen molar-refractivity contribution in [3.8, 4) is 0 Å². The molecule has 7 heteroatoms. The van der Waals surface area contributed by atoms with Crippen molar-refractivity contribution in [1.29, 1.82) is 0 Å². The smallest absolute Gasteiger partial charge is 0.288 e. The number of nitrogens with zero attached hydrogens (tertiary/aromatic N) is 2. The van der Waals surface area contributed by atoms with Gasteiger partial charge in [-0.1, -0.05) is 54.1 Å². The van der Waals surface area contributed by atoms with Gasteiger partial charge in [-0.05, 0) is 49.1 Å². The Kier molecular flexibility index (Phi) is 9.21. The molecule has 2 aliphatic rings. The van der Waals surface area contributed by atoms with Crippen LogP contribution in [-0.4, -0.2) is 66.5 Å². The van der Waals surface area contributed by atoms with Gasteiger partial charge in [0, 0.05) is 62.8 Å². The van der Waals surface area contributed by atoms with Gasteiger partial charge in [0.15, 0.2) is 5.76 Å². The highest BCUT2D eigenvalue weighted by molar-refractivity contribution is 6.30. The molecule has 2 heterocycles. The third kappa shape index (κ3) is 6.64. The highest BCUT2D eigenvalue weighted by Crippen LogP contribution is 2.40. The van der Waals surface area contributed by atoms with Crippen LogP contribution in [0, 0.1) is 5.92 Å². The van der Waals surface area contributed by atoms with E-state index in [2.05, 4.69) is 29.2 Å². The first kappa shape index (κ1) is 25.7. The van der Waals surface area contributed by atoms with Crippen LogP contribution in [0.4, 0.5) is 0 Å². The summed E-state index contributed by atoms with van der Waals surface area (Å²) in [4.78, 5) is 17.8. The molecule has 188 valence electrons. The predicted molar refractivity (Wildman–Crippen MR) is 137 cm³/mol. The van der Waals surface area contributed by atoms with Gasteiger partial charge in [-0.2, -0.15) is 0 Å². The quantitative estimate of drug-likeness (QED) is 0.554. The van der Waals surface area contributed by atoms with E-state index < -0.39 is 6.29 Å². The van der Waals surface area contributed by atoms with Crippen LogP contribution < -0.4 is 0 Å². The molecule has 1 saturated heterocycles. The number of hydrogen-bond acceptors (Lipinski definition) is 5. The summed E-state index contributed by atoms with van der Waals surface area (Å²) >= 11 is 6.13. The average Bonchev–Trinajstić information content (AvgIpc) is 2.89. The highest BCUT2D eigenvalue weighted by Gasteiger charge is 2.39. The third-order valence-electron chi connectivity index (χ3n) is 6.79. The minimum atomic E-state index is -0.546. The lowest BCUT2D eigenvalue weighted by Gasteiger charge is -2.39. The number of ether oxygens (including phenoxy) is 2. The van der Waals surface area contributed by atoms with Gasteiger partial charge < -0.3 is 19.5 Å². The van der Waals surface area contributed by atoms with Crippen molar-refractivity contribution in [2.45, 2.75) is 38.5 Å². The number of aliphatic hydroxyl groups is 1. The molecule has 3 atom stereocenters. The largest absolute Gasteiger partial charge is 0.459 e. The van der Waals surface area contributed by atoms with E-state index in [-0.39, 0.29) is 24.3 Å². The summed E-state index contributed by atoms with van der Waals surface area (Å²) in [6.45, 7) is 6.36. The number of piperazine rings is 1. The molecule has 0 unspecified atom stereocenters. The lowest BCUT2D eigenvalue weighted by atomic mass is 9.80. The average molecular weight is 499 g/mol. The zero-order chi connectivity index (χ0) is 24.6. The normalized spacial score (nSPS) is 23.0. The van der Waals surface area contributed by atoms with Crippen LogP contribution in [0.25, 0.3) is 0 Å². The van der Waals surface area contributed by atoms with Crippen molar-refractivity contribution in [2.75, 3.05) is 39.4 Å². The second-order valence-corrected chi connectivity index (χ2v) is 9.57. The molecule has 0 spiro atoms. The molecule has 35 heavy (non-hydrogen) atoms. The standard InChI is InChI=1S/C28H35ClN2O4/c1-2-34-28-24(9-6-18-32)25(22-10-12-23(29)13-11-22)19-26(35-28)27(33)31-16-14-30(15-17-31)20-21-7-4-3-5-8-21/h3-5,7-8,10-13,19,24-25,28,32H,2,6,9,14-18,20H2,1H3/t24-,25+,28+/m1/s1. The fourth-order valence-electron chi connectivity index (χ4n) is 4.93. The summed E-state index contributed by atoms with van der Waals surface area (Å²) in [5, 5.41) is 10.1. The Bertz CT molecular complexity index is 974. The SMILES string of the molecule is CCO[C@H]1OC(C(=O)N2CCN(Cc3ccccc3)CC2)=C[C@@H](c2ccc(Cl)cc2)[C@H]1CCCO. The van der Waals surface area contributed by atoms with Gasteiger partial charge in [-0.25, -0.2) is 0 Å². The van der Waals surface area contributed by atoms with E-state index in [1.807, 2.05) is 48.2 Å². The van der Waals surface area contributed by atoms with E-state index in [1.165, 1.54) is 5.56 Å². The van der Waals surface area contributed by atoms with E-state index >= 15 is 0 Å². The second kappa shape index (κ2) is 12.5. The van der Waals surface area contributed by atoms with E-state index in [0.717, 1.165) is 31.6 Å². The highest BCUT2D eigenvalue weighted by atomic mass is 35.5. The van der Waals surface area contributed by atoms with Crippen LogP contribution in [0.5, 0.6) is 0 Å². The lowest BCUT2D eigenvalue weighted by Crippen LogP contribution is -2.49. The van der Waals surface area contributed by atoms with Crippen LogP contribution in [0.2, 0.25) is 5.02 Å². The number of benzene rings is 2. The summed E-state index contributed by atoms with van der Waals surface area (Å²) in [5.41, 5.74) is 2.34. The van der Waals surface area contributed by atoms with Crippen LogP contribution in [0.15, 0.2) is 66.4 Å². The van der Waals surface area contributed by atoms with E-state index in [4.69, 9.17) is 21.1 Å². The Morgan fingerprint density at radius 1 is 1.09 bits per heavy atom. The summed E-state index contributed by atoms with van der Waals surface area (Å²) in [7, 11) is 0. The first-order chi connectivity index (χ1) is 17.1. The Balaban J connectivity index is 1.49. The first-order valence-corrected chi connectivity index (χ1v) is 12.9. The number of carbonyl (C=O) groups is 1. The molecule has 0 radical (unpaired) electrons. The number of hydrogen-bond donors (Lipinski definition) is 1. The lowest BCUT2D eigenvalue weighted by molar-refractivity contribution is -0.171. The van der Waals surface area contributed by atoms with Crippen LogP contribution >= 0.6 is 11.6 Å². The minimum absolute atomic E-state index is 0.0115. The molecule has 0 aliphatic carbocycles. The van der Waals surface area contributed by atoms with Gasteiger partial charge in [-0.15, -0.1) is 0 Å². The number of amides is 1. The van der Waals surface area contributed by atoms with Gasteiger partial charge in [-0.3, -0.25) is 9.69 Å². The number of carbonyl (C=O) groups excluding carboxylic acids is 1. The molecule has 6 nitrogen and oxygen atoms in total. The van der Waals surface area contributed by atoms with Crippen LogP contribution in [-0.2, 0) is 20.8 Å². The molecule has 1 fully saturated rings. The van der Waals surface area contributed by atoms with Crippen molar-refractivity contribution in [1.82, 2.24) is 9.80 Å². The summed E-state index contributed by atoms with van der Waals surface area (Å²) in [6.07, 6.45) is 2.77. The van der Waals surface area contributed by atoms with Crippen molar-refractivity contribution in [3.63, 3.8) is 0 Å². The molecule has 1 amide bonds. The Morgan fingerprint density at radius 2 is 1.80 bits per heavy atom. The van der Waals surface area contributed by atoms with Crippen molar-refractivity contribution in [2.24, 2.45) is 5.92 Å². The Hall–Kier alpha value is -2.38. The molecular formula is C28H35ClN2O4. The molecule has 2 aliphatic heterocycles. The van der Waals surface area contributed by atoms with Crippen molar-refractivity contribution < 1.29 is 19.4 Å². The maximum absolute atomic E-state index is 13.5. The number of rotatable bonds is 9. The van der Waals surface area contributed by atoms with E-state index in [9.17, 15) is 9.90 Å². The van der Waals surface area contributed by atoms with Gasteiger partial charge in [0.05, 0.1) is 0 Å². The molecule has 2 aromatic carbocycles. The molecule has 0 bridgehead atoms. The number of halogens is 1. The predicted octanol–water partition coefficient (Wildman–Crippen LogP) is 4.43. The molecule has 0 aromatic heterocycles. The fraction of sp³-hybridized carbons (Fsp3) is 0.464. The monoisotopic (exact) mass is 498 g/mol. The fourth-order valence-corrected chi connectivity index (χ4v) is 5.05. The van der Waals surface area contributed by atoms with Gasteiger partial charge in [0.25, 0.3) is 5.91 Å². The maximum Gasteiger partial charge on any atom is 0.288 e. The summed E-state index contributed by atoms with van der Waals surface area (Å²) < 4.78 is 12.1. The zero-order valence-electron chi connectivity index (χ0n) is 20.3. The van der Waals surface area contributed by atoms with Crippen LogP contribution in [0.1, 0.15) is 36.8 Å². The Labute approximate surface area is 213 Å². The third-order valence-corrected chi connectivity index (χ3v) is 7.04. The second-order valence-electron chi connectivity index (χ2n) is 9.13. The molecule has 1 N–H and O–H groups in total. The van der Waals surface area contributed by atoms with Gasteiger partial charge in [0.2, 0.25) is 6.29 Å². The molecule has 0 saturated carbocycles. The van der Waals surface area contributed by atoms with Crippen LogP contribution in [0.3, 0.4) is 0 Å². The topological polar surface area (TPSA) is 62.2 Å². The first-order valence-electron chi connectivity index (χ1n) is 12.5. The van der Waals surface area contributed by atoms with Gasteiger partial charge >= 0.3 is 0 Å². The number of aliphatic hydroxyl groups excluding tert-OH is 1. The molecule has 2 aromatic rings. The Morgan fingerprint density at radius 3 is 2.46 bits per heavy atom. The summed E-state index contributed by atoms with van der Waals surface area (Å²) in [5.74, 6) is 0.179. The minimum Gasteiger partial charge on any atom is -0.459 e. The maximum atomic E-state index is 13.5. The number of allylic oxidation sites excluding steroid dienone is 1. The molecule has 4 rings (SSSR count). The summed E-state index contributed by atoms with van der Waals surface area (Å²) in [6, 6.07) is 18.1. The van der Waals surface area contributed by atoms with E-state index in [0.29, 0.717) is 36.9 Å². The van der Waals surface area contributed by atoms with Crippen molar-refractivity contribution in [3.05, 3.63) is 82.6 Å². The zero-order valence-corrected chi connectivity index (χ0v) is 21.1. The van der Waals surface area contributed by atoms with Crippen molar-refractivity contribution >= 4 is 17.5 Å². The van der Waals surface area contributed by atoms with Gasteiger partial charge in [0.1, 0.15) is 0 Å².